The average Bonchev–Trinajstić information content (AvgIpc) is 2.31. The molecule has 126 valence electrons. The molecule has 1 saturated carbocycles. The number of ether oxygens (including phenoxy) is 1. The number of amides is 1. The molecular formula is C15H24F2N2O3. The predicted molar refractivity (Wildman–Crippen MR) is 77.6 cm³/mol. The van der Waals surface area contributed by atoms with E-state index in [1.807, 2.05) is 6.92 Å². The Morgan fingerprint density at radius 2 is 2.05 bits per heavy atom. The van der Waals surface area contributed by atoms with Crippen molar-refractivity contribution in [3.8, 4) is 0 Å². The van der Waals surface area contributed by atoms with E-state index in [-0.39, 0.29) is 23.4 Å². The summed E-state index contributed by atoms with van der Waals surface area (Å²) in [5.41, 5.74) is -0.305. The molecule has 0 spiro atoms. The molecular weight excluding hydrogens is 294 g/mol. The van der Waals surface area contributed by atoms with Crippen LogP contribution in [0.1, 0.15) is 47.0 Å². The summed E-state index contributed by atoms with van der Waals surface area (Å²) >= 11 is 0. The van der Waals surface area contributed by atoms with Crippen molar-refractivity contribution in [1.29, 1.82) is 0 Å². The molecule has 1 fully saturated rings. The van der Waals surface area contributed by atoms with E-state index in [1.165, 1.54) is 0 Å². The summed E-state index contributed by atoms with van der Waals surface area (Å²) in [4.78, 5) is 25.8. The monoisotopic (exact) mass is 318 g/mol. The predicted octanol–water partition coefficient (Wildman–Crippen LogP) is 3.29. The van der Waals surface area contributed by atoms with E-state index in [0.29, 0.717) is 13.3 Å². The zero-order valence-electron chi connectivity index (χ0n) is 13.5. The Bertz CT molecular complexity index is 456. The molecule has 0 aliphatic heterocycles. The van der Waals surface area contributed by atoms with Crippen molar-refractivity contribution in [2.45, 2.75) is 58.9 Å². The van der Waals surface area contributed by atoms with Crippen LogP contribution < -0.4 is 5.32 Å². The van der Waals surface area contributed by atoms with E-state index < -0.39 is 18.6 Å². The lowest BCUT2D eigenvalue weighted by molar-refractivity contribution is -0.0392. The first kappa shape index (κ1) is 18.6. The number of carbonyl (C=O) groups excluding carboxylic acids is 2. The van der Waals surface area contributed by atoms with Crippen LogP contribution >= 0.6 is 0 Å². The van der Waals surface area contributed by atoms with Crippen molar-refractivity contribution in [3.05, 3.63) is 0 Å². The molecule has 0 saturated heterocycles. The van der Waals surface area contributed by atoms with Crippen LogP contribution in [-0.4, -0.2) is 37.3 Å². The van der Waals surface area contributed by atoms with Crippen LogP contribution in [0.15, 0.2) is 4.99 Å². The van der Waals surface area contributed by atoms with Gasteiger partial charge in [-0.05, 0) is 30.1 Å². The van der Waals surface area contributed by atoms with Crippen LogP contribution in [0.5, 0.6) is 0 Å². The third kappa shape index (κ3) is 6.52. The minimum absolute atomic E-state index is 0.0277. The Labute approximate surface area is 129 Å². The minimum Gasteiger partial charge on any atom is -0.443 e. The Hall–Kier alpha value is -1.49. The topological polar surface area (TPSA) is 67.8 Å². The van der Waals surface area contributed by atoms with Crippen molar-refractivity contribution in [1.82, 2.24) is 5.32 Å². The Kier molecular flexibility index (Phi) is 5.68. The van der Waals surface area contributed by atoms with Gasteiger partial charge in [0.1, 0.15) is 0 Å². The molecule has 1 aliphatic rings. The van der Waals surface area contributed by atoms with E-state index in [2.05, 4.69) is 28.9 Å². The second-order valence-electron chi connectivity index (χ2n) is 7.43. The molecule has 7 heteroatoms. The van der Waals surface area contributed by atoms with Gasteiger partial charge in [-0.2, -0.15) is 0 Å². The summed E-state index contributed by atoms with van der Waals surface area (Å²) in [5, 5.41) is 2.53. The lowest BCUT2D eigenvalue weighted by Crippen LogP contribution is -2.45. The molecule has 1 aliphatic carbocycles. The number of hydrogen-bond donors (Lipinski definition) is 1. The number of hydrogen-bond acceptors (Lipinski definition) is 4. The first-order valence-corrected chi connectivity index (χ1v) is 7.30. The maximum atomic E-state index is 12.6. The Morgan fingerprint density at radius 1 is 1.41 bits per heavy atom. The van der Waals surface area contributed by atoms with E-state index in [1.54, 1.807) is 6.08 Å². The van der Waals surface area contributed by atoms with Crippen LogP contribution in [0.25, 0.3) is 0 Å². The van der Waals surface area contributed by atoms with Crippen LogP contribution in [-0.2, 0) is 9.53 Å². The molecule has 1 rings (SSSR count). The summed E-state index contributed by atoms with van der Waals surface area (Å²) in [7, 11) is 0. The highest BCUT2D eigenvalue weighted by molar-refractivity contribution is 5.67. The molecule has 0 heterocycles. The van der Waals surface area contributed by atoms with Crippen molar-refractivity contribution >= 4 is 12.2 Å². The number of aliphatic imine (C=N–C) groups is 1. The Morgan fingerprint density at radius 3 is 2.59 bits per heavy atom. The number of isocyanates is 1. The molecule has 1 N–H and O–H groups in total. The largest absolute Gasteiger partial charge is 0.443 e. The van der Waals surface area contributed by atoms with Gasteiger partial charge in [-0.3, -0.25) is 0 Å². The standard InChI is InChI=1S/C15H24F2N2O3/c1-13(2)5-11(19-10-20)6-14(3,7-13)8-18-12(21)22-9-15(4,16)17/h11H,5-9H2,1-4H3,(H,18,21). The number of rotatable bonds is 5. The molecule has 0 bridgehead atoms. The van der Waals surface area contributed by atoms with Crippen LogP contribution in [0.4, 0.5) is 13.6 Å². The number of nitrogens with one attached hydrogen (secondary N) is 1. The molecule has 2 atom stereocenters. The summed E-state index contributed by atoms with van der Waals surface area (Å²) in [6.07, 6.45) is 2.98. The van der Waals surface area contributed by atoms with Crippen LogP contribution in [0, 0.1) is 10.8 Å². The molecule has 0 aromatic carbocycles. The highest BCUT2D eigenvalue weighted by Gasteiger charge is 2.41. The first-order valence-electron chi connectivity index (χ1n) is 7.30. The van der Waals surface area contributed by atoms with E-state index in [0.717, 1.165) is 12.8 Å². The number of carbonyl (C=O) groups is 1. The van der Waals surface area contributed by atoms with Gasteiger partial charge >= 0.3 is 6.09 Å². The smallest absolute Gasteiger partial charge is 0.407 e. The van der Waals surface area contributed by atoms with E-state index in [4.69, 9.17) is 0 Å². The highest BCUT2D eigenvalue weighted by Crippen LogP contribution is 2.46. The third-order valence-electron chi connectivity index (χ3n) is 3.77. The second-order valence-corrected chi connectivity index (χ2v) is 7.43. The SMILES string of the molecule is CC(F)(F)COC(=O)NCC1(C)CC(N=C=O)CC(C)(C)C1. The Balaban J connectivity index is 2.58. The molecule has 22 heavy (non-hydrogen) atoms. The fourth-order valence-electron chi connectivity index (χ4n) is 3.41. The number of halogens is 2. The lowest BCUT2D eigenvalue weighted by Gasteiger charge is -2.45. The zero-order valence-corrected chi connectivity index (χ0v) is 13.5. The summed E-state index contributed by atoms with van der Waals surface area (Å²) < 4.78 is 29.8. The van der Waals surface area contributed by atoms with Gasteiger partial charge in [0, 0.05) is 13.5 Å². The first-order chi connectivity index (χ1) is 9.95. The summed E-state index contributed by atoms with van der Waals surface area (Å²) in [6.45, 7) is 6.17. The van der Waals surface area contributed by atoms with Gasteiger partial charge in [-0.25, -0.2) is 23.4 Å². The zero-order chi connectivity index (χ0) is 17.0. The van der Waals surface area contributed by atoms with Crippen molar-refractivity contribution in [3.63, 3.8) is 0 Å². The van der Waals surface area contributed by atoms with Gasteiger partial charge in [0.2, 0.25) is 6.08 Å². The number of nitrogens with zero attached hydrogens (tertiary/aromatic N) is 1. The maximum Gasteiger partial charge on any atom is 0.407 e. The third-order valence-corrected chi connectivity index (χ3v) is 3.77. The van der Waals surface area contributed by atoms with Gasteiger partial charge in [-0.1, -0.05) is 20.8 Å². The highest BCUT2D eigenvalue weighted by atomic mass is 19.3. The molecule has 0 radical (unpaired) electrons. The van der Waals surface area contributed by atoms with E-state index >= 15 is 0 Å². The average molecular weight is 318 g/mol. The summed E-state index contributed by atoms with van der Waals surface area (Å²) in [5.74, 6) is -3.04. The van der Waals surface area contributed by atoms with Gasteiger partial charge in [-0.15, -0.1) is 0 Å². The van der Waals surface area contributed by atoms with Gasteiger partial charge < -0.3 is 10.1 Å². The van der Waals surface area contributed by atoms with Gasteiger partial charge in [0.05, 0.1) is 6.04 Å². The molecule has 0 aromatic heterocycles. The minimum atomic E-state index is -3.04. The maximum absolute atomic E-state index is 12.6. The number of alkyl carbamates (subject to hydrolysis) is 1. The van der Waals surface area contributed by atoms with E-state index in [9.17, 15) is 18.4 Å². The number of alkyl halides is 2. The fraction of sp³-hybridized carbons (Fsp3) is 0.867. The van der Waals surface area contributed by atoms with Crippen LogP contribution in [0.3, 0.4) is 0 Å². The normalized spacial score (nSPS) is 27.6. The quantitative estimate of drug-likeness (QED) is 0.625. The van der Waals surface area contributed by atoms with Gasteiger partial charge in [0.25, 0.3) is 5.92 Å². The lowest BCUT2D eigenvalue weighted by atomic mass is 9.63. The van der Waals surface area contributed by atoms with Crippen molar-refractivity contribution < 1.29 is 23.1 Å². The molecule has 1 amide bonds. The molecule has 0 aromatic rings. The molecule has 2 unspecified atom stereocenters. The van der Waals surface area contributed by atoms with Gasteiger partial charge in [0.15, 0.2) is 6.61 Å². The second kappa shape index (κ2) is 6.73. The molecule has 5 nitrogen and oxygen atoms in total. The van der Waals surface area contributed by atoms with Crippen LogP contribution in [0.2, 0.25) is 0 Å². The van der Waals surface area contributed by atoms with Crippen molar-refractivity contribution in [2.75, 3.05) is 13.2 Å². The summed E-state index contributed by atoms with van der Waals surface area (Å²) in [6, 6.07) is -0.135. The fourth-order valence-corrected chi connectivity index (χ4v) is 3.41. The van der Waals surface area contributed by atoms with Crippen molar-refractivity contribution in [2.24, 2.45) is 15.8 Å².